The minimum absolute atomic E-state index is 0.285. The maximum atomic E-state index is 12.3. The molecule has 0 saturated heterocycles. The van der Waals surface area contributed by atoms with Crippen molar-refractivity contribution < 1.29 is 12.6 Å². The highest BCUT2D eigenvalue weighted by atomic mass is 32.2. The molecule has 0 atom stereocenters. The number of hydrogen-bond acceptors (Lipinski definition) is 3. The van der Waals surface area contributed by atoms with Crippen LogP contribution in [0.2, 0.25) is 0 Å². The molecule has 0 radical (unpaired) electrons. The van der Waals surface area contributed by atoms with Crippen molar-refractivity contribution >= 4 is 10.1 Å². The number of hydrogen-bond donors (Lipinski definition) is 0. The highest BCUT2D eigenvalue weighted by Gasteiger charge is 2.18. The molecule has 0 spiro atoms. The van der Waals surface area contributed by atoms with E-state index >= 15 is 0 Å². The van der Waals surface area contributed by atoms with E-state index in [0.717, 1.165) is 24.0 Å². The largest absolute Gasteiger partial charge is 0.297 e. The van der Waals surface area contributed by atoms with E-state index in [1.165, 1.54) is 77.0 Å². The lowest BCUT2D eigenvalue weighted by atomic mass is 10.0. The summed E-state index contributed by atoms with van der Waals surface area (Å²) in [7, 11) is -3.63. The molecule has 0 heterocycles. The maximum absolute atomic E-state index is 12.3. The second-order valence-corrected chi connectivity index (χ2v) is 9.65. The Bertz CT molecular complexity index is 623. The van der Waals surface area contributed by atoms with Gasteiger partial charge in [0, 0.05) is 0 Å². The van der Waals surface area contributed by atoms with Crippen LogP contribution in [0.4, 0.5) is 0 Å². The summed E-state index contributed by atoms with van der Waals surface area (Å²) in [6.45, 7) is 6.30. The van der Waals surface area contributed by atoms with Gasteiger partial charge >= 0.3 is 0 Å². The lowest BCUT2D eigenvalue weighted by Crippen LogP contribution is -2.09. The molecule has 0 aliphatic rings. The minimum Gasteiger partial charge on any atom is -0.266 e. The topological polar surface area (TPSA) is 43.4 Å². The molecule has 4 heteroatoms. The molecular weight excluding hydrogens is 368 g/mol. The maximum Gasteiger partial charge on any atom is 0.297 e. The molecule has 1 aromatic rings. The van der Waals surface area contributed by atoms with E-state index in [0.29, 0.717) is 4.90 Å². The van der Waals surface area contributed by atoms with Crippen LogP contribution in [0.5, 0.6) is 0 Å². The highest BCUT2D eigenvalue weighted by Crippen LogP contribution is 2.20. The van der Waals surface area contributed by atoms with Crippen LogP contribution in [0.1, 0.15) is 108 Å². The molecule has 162 valence electrons. The van der Waals surface area contributed by atoms with Crippen LogP contribution in [0.25, 0.3) is 0 Å². The van der Waals surface area contributed by atoms with Crippen molar-refractivity contribution in [3.8, 4) is 0 Å². The molecule has 0 aromatic heterocycles. The van der Waals surface area contributed by atoms with Gasteiger partial charge in [0.05, 0.1) is 11.5 Å². The van der Waals surface area contributed by atoms with Crippen molar-refractivity contribution in [1.29, 1.82) is 0 Å². The highest BCUT2D eigenvalue weighted by molar-refractivity contribution is 7.86. The van der Waals surface area contributed by atoms with Crippen LogP contribution in [0.15, 0.2) is 23.1 Å². The van der Waals surface area contributed by atoms with Crippen LogP contribution in [0, 0.1) is 13.8 Å². The summed E-state index contributed by atoms with van der Waals surface area (Å²) >= 11 is 0. The molecule has 0 amide bonds. The van der Waals surface area contributed by atoms with Gasteiger partial charge in [-0.3, -0.25) is 4.18 Å². The lowest BCUT2D eigenvalue weighted by Gasteiger charge is -2.10. The van der Waals surface area contributed by atoms with Crippen molar-refractivity contribution in [3.05, 3.63) is 29.3 Å². The predicted molar refractivity (Wildman–Crippen MR) is 119 cm³/mol. The minimum atomic E-state index is -3.63. The van der Waals surface area contributed by atoms with E-state index < -0.39 is 10.1 Å². The fourth-order valence-corrected chi connectivity index (χ4v) is 4.77. The van der Waals surface area contributed by atoms with E-state index in [-0.39, 0.29) is 6.61 Å². The molecule has 0 bridgehead atoms. The fourth-order valence-electron chi connectivity index (χ4n) is 3.52. The third-order valence-corrected chi connectivity index (χ3v) is 7.02. The first-order chi connectivity index (χ1) is 13.5. The van der Waals surface area contributed by atoms with Crippen LogP contribution >= 0.6 is 0 Å². The van der Waals surface area contributed by atoms with Crippen molar-refractivity contribution in [3.63, 3.8) is 0 Å². The second kappa shape index (κ2) is 15.0. The number of unbranched alkanes of at least 4 members (excludes halogenated alkanes) is 13. The zero-order valence-electron chi connectivity index (χ0n) is 18.5. The molecule has 28 heavy (non-hydrogen) atoms. The first kappa shape index (κ1) is 25.2. The van der Waals surface area contributed by atoms with Crippen molar-refractivity contribution in [2.45, 2.75) is 116 Å². The summed E-state index contributed by atoms with van der Waals surface area (Å²) in [5, 5.41) is 0. The molecule has 1 aromatic carbocycles. The number of rotatable bonds is 17. The van der Waals surface area contributed by atoms with Crippen molar-refractivity contribution in [2.24, 2.45) is 0 Å². The van der Waals surface area contributed by atoms with Crippen molar-refractivity contribution in [1.82, 2.24) is 0 Å². The monoisotopic (exact) mass is 410 g/mol. The van der Waals surface area contributed by atoms with Crippen molar-refractivity contribution in [2.75, 3.05) is 6.61 Å². The molecule has 0 aliphatic heterocycles. The Morgan fingerprint density at radius 2 is 1.18 bits per heavy atom. The third-order valence-electron chi connectivity index (χ3n) is 5.56. The fraction of sp³-hybridized carbons (Fsp3) is 0.750. The average Bonchev–Trinajstić information content (AvgIpc) is 2.67. The molecule has 0 aliphatic carbocycles. The van der Waals surface area contributed by atoms with Gasteiger partial charge in [0.25, 0.3) is 10.1 Å². The third kappa shape index (κ3) is 10.6. The van der Waals surface area contributed by atoms with Gasteiger partial charge in [0.15, 0.2) is 0 Å². The molecule has 3 nitrogen and oxygen atoms in total. The Labute approximate surface area is 174 Å². The number of aryl methyl sites for hydroxylation is 1. The van der Waals surface area contributed by atoms with E-state index in [1.54, 1.807) is 12.1 Å². The van der Waals surface area contributed by atoms with Gasteiger partial charge in [-0.2, -0.15) is 8.42 Å². The predicted octanol–water partition coefficient (Wildman–Crippen LogP) is 7.49. The lowest BCUT2D eigenvalue weighted by molar-refractivity contribution is 0.306. The van der Waals surface area contributed by atoms with Gasteiger partial charge in [-0.25, -0.2) is 0 Å². The summed E-state index contributed by atoms with van der Waals surface area (Å²) in [4.78, 5) is 0.304. The van der Waals surface area contributed by atoms with Gasteiger partial charge in [-0.1, -0.05) is 103 Å². The van der Waals surface area contributed by atoms with Gasteiger partial charge in [0.1, 0.15) is 0 Å². The van der Waals surface area contributed by atoms with E-state index in [4.69, 9.17) is 4.18 Å². The van der Waals surface area contributed by atoms with Crippen LogP contribution in [-0.2, 0) is 14.3 Å². The van der Waals surface area contributed by atoms with E-state index in [2.05, 4.69) is 6.92 Å². The molecule has 1 rings (SSSR count). The summed E-state index contributed by atoms with van der Waals surface area (Å²) in [6, 6.07) is 5.32. The molecule has 0 N–H and O–H groups in total. The Hall–Kier alpha value is -0.870. The number of benzene rings is 1. The van der Waals surface area contributed by atoms with Gasteiger partial charge < -0.3 is 0 Å². The van der Waals surface area contributed by atoms with Crippen LogP contribution in [-0.4, -0.2) is 15.0 Å². The normalized spacial score (nSPS) is 11.8. The Morgan fingerprint density at radius 1 is 0.714 bits per heavy atom. The summed E-state index contributed by atoms with van der Waals surface area (Å²) in [5.74, 6) is 0. The van der Waals surface area contributed by atoms with Crippen LogP contribution in [0.3, 0.4) is 0 Å². The van der Waals surface area contributed by atoms with Gasteiger partial charge in [0.2, 0.25) is 0 Å². The zero-order valence-corrected chi connectivity index (χ0v) is 19.3. The van der Waals surface area contributed by atoms with E-state index in [9.17, 15) is 8.42 Å². The molecular formula is C24H42O3S. The summed E-state index contributed by atoms with van der Waals surface area (Å²) < 4.78 is 29.9. The molecule has 0 saturated carbocycles. The Balaban J connectivity index is 1.98. The first-order valence-corrected chi connectivity index (χ1v) is 12.9. The second-order valence-electron chi connectivity index (χ2n) is 8.07. The first-order valence-electron chi connectivity index (χ1n) is 11.4. The zero-order chi connectivity index (χ0) is 20.7. The summed E-state index contributed by atoms with van der Waals surface area (Å²) in [6.07, 6.45) is 18.0. The Morgan fingerprint density at radius 3 is 1.68 bits per heavy atom. The van der Waals surface area contributed by atoms with E-state index in [1.807, 2.05) is 19.9 Å². The average molecular weight is 411 g/mol. The smallest absolute Gasteiger partial charge is 0.266 e. The van der Waals surface area contributed by atoms with Crippen LogP contribution < -0.4 is 0 Å². The van der Waals surface area contributed by atoms with Gasteiger partial charge in [-0.05, 0) is 37.5 Å². The quantitative estimate of drug-likeness (QED) is 0.197. The SMILES string of the molecule is CCCCCCCCCCCCCCCCOS(=O)(=O)c1cccc(C)c1C. The molecule has 0 unspecified atom stereocenters. The summed E-state index contributed by atoms with van der Waals surface area (Å²) in [5.41, 5.74) is 1.75. The Kier molecular flexibility index (Phi) is 13.5. The van der Waals surface area contributed by atoms with Gasteiger partial charge in [-0.15, -0.1) is 0 Å². The molecule has 0 fully saturated rings. The standard InChI is InChI=1S/C24H42O3S/c1-4-5-6-7-8-9-10-11-12-13-14-15-16-17-21-27-28(25,26)24-20-18-19-22(2)23(24)3/h18-20H,4-17,21H2,1-3H3.